The van der Waals surface area contributed by atoms with E-state index in [9.17, 15) is 4.79 Å². The first kappa shape index (κ1) is 20.7. The van der Waals surface area contributed by atoms with E-state index in [4.69, 9.17) is 9.26 Å². The van der Waals surface area contributed by atoms with Crippen LogP contribution >= 0.6 is 0 Å². The van der Waals surface area contributed by atoms with Crippen molar-refractivity contribution < 1.29 is 14.1 Å². The second kappa shape index (κ2) is 8.45. The molecule has 1 N–H and O–H groups in total. The van der Waals surface area contributed by atoms with E-state index >= 15 is 0 Å². The lowest BCUT2D eigenvalue weighted by Crippen LogP contribution is -2.39. The normalized spacial score (nSPS) is 19.9. The van der Waals surface area contributed by atoms with Gasteiger partial charge in [-0.15, -0.1) is 0 Å². The van der Waals surface area contributed by atoms with Gasteiger partial charge in [0.15, 0.2) is 6.61 Å². The number of ether oxygens (including phenoxy) is 1. The summed E-state index contributed by atoms with van der Waals surface area (Å²) in [6.07, 6.45) is 1.04. The molecule has 0 radical (unpaired) electrons. The molecule has 0 spiro atoms. The first-order chi connectivity index (χ1) is 16.7. The molecular weight excluding hydrogens is 426 g/mol. The van der Waals surface area contributed by atoms with Crippen LogP contribution in [0.2, 0.25) is 0 Å². The molecule has 4 aromatic rings. The van der Waals surface area contributed by atoms with Gasteiger partial charge >= 0.3 is 0 Å². The maximum Gasteiger partial charge on any atom is 0.255 e. The van der Waals surface area contributed by atoms with Crippen molar-refractivity contribution >= 4 is 5.91 Å². The summed E-state index contributed by atoms with van der Waals surface area (Å²) < 4.78 is 10.8. The maximum atomic E-state index is 13.2. The molecule has 1 aromatic heterocycles. The molecule has 3 aromatic carbocycles. The molecule has 0 saturated carbocycles. The van der Waals surface area contributed by atoms with E-state index in [0.29, 0.717) is 47.3 Å². The third-order valence-electron chi connectivity index (χ3n) is 7.01. The number of hydrogen-bond acceptors (Lipinski definition) is 5. The van der Waals surface area contributed by atoms with Crippen LogP contribution in [-0.4, -0.2) is 22.6 Å². The Hall–Kier alpha value is -3.93. The molecule has 34 heavy (non-hydrogen) atoms. The Morgan fingerprint density at radius 2 is 1.62 bits per heavy atom. The monoisotopic (exact) mass is 451 g/mol. The molecule has 2 bridgehead atoms. The minimum absolute atomic E-state index is 0.136. The van der Waals surface area contributed by atoms with Crippen LogP contribution < -0.4 is 10.1 Å². The predicted octanol–water partition coefficient (Wildman–Crippen LogP) is 4.98. The summed E-state index contributed by atoms with van der Waals surface area (Å²) in [5.74, 6) is 2.32. The molecule has 1 unspecified atom stereocenters. The summed E-state index contributed by atoms with van der Waals surface area (Å²) in [7, 11) is 0. The van der Waals surface area contributed by atoms with E-state index in [1.165, 1.54) is 22.3 Å². The first-order valence-electron chi connectivity index (χ1n) is 11.7. The number of para-hydroxylation sites is 1. The molecule has 6 heteroatoms. The number of nitrogens with one attached hydrogen (secondary N) is 1. The zero-order valence-electron chi connectivity index (χ0n) is 18.9. The Kier molecular flexibility index (Phi) is 5.13. The number of aromatic nitrogens is 2. The van der Waals surface area contributed by atoms with E-state index in [1.807, 2.05) is 12.1 Å². The Morgan fingerprint density at radius 1 is 0.971 bits per heavy atom. The highest BCUT2D eigenvalue weighted by atomic mass is 16.5. The summed E-state index contributed by atoms with van der Waals surface area (Å²) in [6.45, 7) is 2.48. The number of carbonyl (C=O) groups excluding carboxylic acids is 1. The third-order valence-corrected chi connectivity index (χ3v) is 7.01. The van der Waals surface area contributed by atoms with E-state index in [2.05, 4.69) is 64.0 Å². The molecule has 0 saturated heterocycles. The van der Waals surface area contributed by atoms with Gasteiger partial charge in [0, 0.05) is 25.3 Å². The SMILES string of the molecule is Cc1nc(COc2ccccc2C(=O)NCC2CC3c4ccccc4C2c2ccccc23)no1. The van der Waals surface area contributed by atoms with Crippen LogP contribution in [0.15, 0.2) is 77.3 Å². The topological polar surface area (TPSA) is 77.2 Å². The molecule has 7 rings (SSSR count). The largest absolute Gasteiger partial charge is 0.485 e. The van der Waals surface area contributed by atoms with Gasteiger partial charge in [-0.25, -0.2) is 0 Å². The zero-order chi connectivity index (χ0) is 23.1. The minimum Gasteiger partial charge on any atom is -0.485 e. The lowest BCUT2D eigenvalue weighted by atomic mass is 9.59. The predicted molar refractivity (Wildman–Crippen MR) is 127 cm³/mol. The van der Waals surface area contributed by atoms with Crippen molar-refractivity contribution in [2.24, 2.45) is 5.92 Å². The van der Waals surface area contributed by atoms with Crippen LogP contribution in [0.3, 0.4) is 0 Å². The van der Waals surface area contributed by atoms with Crippen molar-refractivity contribution in [3.8, 4) is 5.75 Å². The molecule has 3 aliphatic carbocycles. The molecule has 3 aliphatic rings. The third kappa shape index (κ3) is 3.55. The number of carbonyl (C=O) groups is 1. The van der Waals surface area contributed by atoms with Gasteiger partial charge in [0.2, 0.25) is 11.7 Å². The number of aryl methyl sites for hydroxylation is 1. The van der Waals surface area contributed by atoms with Crippen molar-refractivity contribution in [3.63, 3.8) is 0 Å². The van der Waals surface area contributed by atoms with Gasteiger partial charge < -0.3 is 14.6 Å². The fraction of sp³-hybridized carbons (Fsp3) is 0.250. The minimum atomic E-state index is -0.136. The number of amides is 1. The second-order valence-corrected chi connectivity index (χ2v) is 9.01. The molecule has 1 amide bonds. The molecule has 0 aliphatic heterocycles. The maximum absolute atomic E-state index is 13.2. The van der Waals surface area contributed by atoms with Crippen molar-refractivity contribution in [1.82, 2.24) is 15.5 Å². The smallest absolute Gasteiger partial charge is 0.255 e. The van der Waals surface area contributed by atoms with Crippen molar-refractivity contribution in [2.75, 3.05) is 6.54 Å². The van der Waals surface area contributed by atoms with Crippen molar-refractivity contribution in [2.45, 2.75) is 31.8 Å². The molecule has 6 nitrogen and oxygen atoms in total. The quantitative estimate of drug-likeness (QED) is 0.447. The summed E-state index contributed by atoms with van der Waals surface area (Å²) in [5, 5.41) is 7.04. The van der Waals surface area contributed by atoms with Gasteiger partial charge in [-0.05, 0) is 46.7 Å². The average Bonchev–Trinajstić information content (AvgIpc) is 3.31. The Morgan fingerprint density at radius 3 is 2.29 bits per heavy atom. The Balaban J connectivity index is 1.20. The van der Waals surface area contributed by atoms with Gasteiger partial charge in [-0.1, -0.05) is 65.8 Å². The molecule has 1 atom stereocenters. The Labute approximate surface area is 198 Å². The van der Waals surface area contributed by atoms with Crippen LogP contribution in [0.25, 0.3) is 0 Å². The Bertz CT molecular complexity index is 1310. The summed E-state index contributed by atoms with van der Waals surface area (Å²) >= 11 is 0. The van der Waals surface area contributed by atoms with E-state index < -0.39 is 0 Å². The number of hydrogen-bond donors (Lipinski definition) is 1. The fourth-order valence-corrected chi connectivity index (χ4v) is 5.60. The van der Waals surface area contributed by atoms with Gasteiger partial charge in [0.05, 0.1) is 5.56 Å². The summed E-state index contributed by atoms with van der Waals surface area (Å²) in [5.41, 5.74) is 6.17. The van der Waals surface area contributed by atoms with Crippen LogP contribution in [0.4, 0.5) is 0 Å². The standard InChI is InChI=1S/C28H25N3O3/c1-17-30-26(31-34-17)16-33-25-13-7-6-12-23(25)28(32)29-15-18-14-24-19-8-2-4-10-21(19)27(18)22-11-5-3-9-20(22)24/h2-13,18,24,27H,14-16H2,1H3,(H,29,32). The van der Waals surface area contributed by atoms with Gasteiger partial charge in [-0.3, -0.25) is 4.79 Å². The van der Waals surface area contributed by atoms with E-state index in [1.54, 1.807) is 19.1 Å². The van der Waals surface area contributed by atoms with Crippen LogP contribution in [0.1, 0.15) is 62.6 Å². The molecule has 0 fully saturated rings. The fourth-order valence-electron chi connectivity index (χ4n) is 5.60. The molecule has 1 heterocycles. The molecule has 170 valence electrons. The number of fused-ring (bicyclic) bond motifs is 1. The van der Waals surface area contributed by atoms with Crippen LogP contribution in [0, 0.1) is 12.8 Å². The zero-order valence-corrected chi connectivity index (χ0v) is 18.9. The highest BCUT2D eigenvalue weighted by molar-refractivity contribution is 5.96. The number of rotatable bonds is 6. The highest BCUT2D eigenvalue weighted by Crippen LogP contribution is 2.55. The summed E-state index contributed by atoms with van der Waals surface area (Å²) in [4.78, 5) is 17.3. The van der Waals surface area contributed by atoms with Crippen LogP contribution in [-0.2, 0) is 6.61 Å². The molecular formula is C28H25N3O3. The van der Waals surface area contributed by atoms with Crippen LogP contribution in [0.5, 0.6) is 5.75 Å². The van der Waals surface area contributed by atoms with Gasteiger partial charge in [0.25, 0.3) is 5.91 Å². The lowest BCUT2D eigenvalue weighted by molar-refractivity contribution is 0.0938. The lowest BCUT2D eigenvalue weighted by Gasteiger charge is -2.45. The number of benzene rings is 3. The van der Waals surface area contributed by atoms with Gasteiger partial charge in [-0.2, -0.15) is 4.98 Å². The highest BCUT2D eigenvalue weighted by Gasteiger charge is 2.42. The first-order valence-corrected chi connectivity index (χ1v) is 11.7. The van der Waals surface area contributed by atoms with Gasteiger partial charge in [0.1, 0.15) is 5.75 Å². The van der Waals surface area contributed by atoms with Crippen molar-refractivity contribution in [3.05, 3.63) is 112 Å². The van der Waals surface area contributed by atoms with E-state index in [-0.39, 0.29) is 12.5 Å². The average molecular weight is 452 g/mol. The van der Waals surface area contributed by atoms with E-state index in [0.717, 1.165) is 6.42 Å². The summed E-state index contributed by atoms with van der Waals surface area (Å²) in [6, 6.07) is 24.8. The van der Waals surface area contributed by atoms with Crippen molar-refractivity contribution in [1.29, 1.82) is 0 Å². The second-order valence-electron chi connectivity index (χ2n) is 9.01. The number of nitrogens with zero attached hydrogens (tertiary/aromatic N) is 2.